The van der Waals surface area contributed by atoms with Crippen molar-refractivity contribution >= 4 is 5.91 Å². The van der Waals surface area contributed by atoms with Crippen molar-refractivity contribution in [2.45, 2.75) is 70.9 Å². The Balaban J connectivity index is 1.27. The van der Waals surface area contributed by atoms with Crippen LogP contribution in [-0.2, 0) is 16.9 Å². The summed E-state index contributed by atoms with van der Waals surface area (Å²) in [5.41, 5.74) is 3.07. The van der Waals surface area contributed by atoms with E-state index in [0.29, 0.717) is 41.5 Å². The number of ether oxygens (including phenoxy) is 3. The number of halogens is 2. The van der Waals surface area contributed by atoms with Gasteiger partial charge in [-0.05, 0) is 87.9 Å². The van der Waals surface area contributed by atoms with Gasteiger partial charge in [0.05, 0.1) is 18.2 Å². The molecular formula is C28H34F2N2O4. The number of likely N-dealkylation sites (tertiary alicyclic amines) is 1. The Morgan fingerprint density at radius 2 is 2.00 bits per heavy atom. The Hall–Kier alpha value is -2.71. The molecule has 36 heavy (non-hydrogen) atoms. The Labute approximate surface area is 210 Å². The van der Waals surface area contributed by atoms with Gasteiger partial charge in [0, 0.05) is 29.8 Å². The maximum atomic E-state index is 13.2. The van der Waals surface area contributed by atoms with Crippen molar-refractivity contribution in [1.29, 1.82) is 0 Å². The number of benzene rings is 2. The van der Waals surface area contributed by atoms with Crippen LogP contribution in [0, 0.1) is 5.41 Å². The highest BCUT2D eigenvalue weighted by atomic mass is 19.3. The van der Waals surface area contributed by atoms with Crippen LogP contribution in [0.3, 0.4) is 0 Å². The number of nitrogens with zero attached hydrogens (tertiary/aromatic N) is 1. The van der Waals surface area contributed by atoms with Gasteiger partial charge < -0.3 is 19.5 Å². The summed E-state index contributed by atoms with van der Waals surface area (Å²) in [5.74, 6) is 0.175. The first kappa shape index (κ1) is 25.0. The first-order valence-corrected chi connectivity index (χ1v) is 12.6. The van der Waals surface area contributed by atoms with Crippen LogP contribution < -0.4 is 14.8 Å². The number of nitrogens with one attached hydrogen (secondary N) is 1. The van der Waals surface area contributed by atoms with E-state index < -0.39 is 12.7 Å². The van der Waals surface area contributed by atoms with Gasteiger partial charge in [-0.1, -0.05) is 6.07 Å². The minimum absolute atomic E-state index is 0.00200. The van der Waals surface area contributed by atoms with E-state index in [1.54, 1.807) is 25.1 Å². The summed E-state index contributed by atoms with van der Waals surface area (Å²) in [6.07, 6.45) is 3.66. The van der Waals surface area contributed by atoms with Crippen LogP contribution in [0.15, 0.2) is 36.4 Å². The number of likely N-dealkylation sites (N-methyl/N-ethyl adjacent to an activating group) is 1. The zero-order chi connectivity index (χ0) is 25.7. The zero-order valence-corrected chi connectivity index (χ0v) is 21.3. The third-order valence-electron chi connectivity index (χ3n) is 7.90. The zero-order valence-electron chi connectivity index (χ0n) is 21.3. The first-order valence-electron chi connectivity index (χ1n) is 12.6. The number of amides is 1. The number of alkyl halides is 2. The van der Waals surface area contributed by atoms with Crippen molar-refractivity contribution in [3.05, 3.63) is 58.7 Å². The van der Waals surface area contributed by atoms with Crippen molar-refractivity contribution in [2.24, 2.45) is 5.41 Å². The SMILES string of the molecule is C[C@H](NC(=O)c1ccc2c(c1)COC2(C)C)c1ccc(OC[C@H]2CC3(CC3)CN2C)cc1OC(F)F. The highest BCUT2D eigenvalue weighted by molar-refractivity contribution is 5.94. The number of rotatable bonds is 8. The van der Waals surface area contributed by atoms with Gasteiger partial charge in [-0.15, -0.1) is 0 Å². The summed E-state index contributed by atoms with van der Waals surface area (Å²) >= 11 is 0. The molecule has 1 amide bonds. The molecule has 3 aliphatic rings. The molecule has 1 saturated heterocycles. The molecule has 1 aliphatic carbocycles. The minimum Gasteiger partial charge on any atom is -0.492 e. The van der Waals surface area contributed by atoms with Gasteiger partial charge in [-0.3, -0.25) is 9.69 Å². The lowest BCUT2D eigenvalue weighted by molar-refractivity contribution is -0.0507. The predicted molar refractivity (Wildman–Crippen MR) is 131 cm³/mol. The van der Waals surface area contributed by atoms with E-state index in [2.05, 4.69) is 17.3 Å². The van der Waals surface area contributed by atoms with Crippen LogP contribution in [0.25, 0.3) is 0 Å². The second-order valence-corrected chi connectivity index (χ2v) is 11.0. The lowest BCUT2D eigenvalue weighted by atomic mass is 9.94. The van der Waals surface area contributed by atoms with Gasteiger partial charge in [0.2, 0.25) is 0 Å². The van der Waals surface area contributed by atoms with Crippen molar-refractivity contribution in [3.8, 4) is 11.5 Å². The van der Waals surface area contributed by atoms with Crippen LogP contribution in [0.5, 0.6) is 11.5 Å². The number of hydrogen-bond acceptors (Lipinski definition) is 5. The van der Waals surface area contributed by atoms with Gasteiger partial charge in [0.1, 0.15) is 18.1 Å². The van der Waals surface area contributed by atoms with Crippen LogP contribution in [0.4, 0.5) is 8.78 Å². The van der Waals surface area contributed by atoms with E-state index in [1.165, 1.54) is 18.9 Å². The molecule has 5 rings (SSSR count). The lowest BCUT2D eigenvalue weighted by Gasteiger charge is -2.22. The predicted octanol–water partition coefficient (Wildman–Crippen LogP) is 5.41. The molecule has 1 N–H and O–H groups in total. The van der Waals surface area contributed by atoms with Crippen molar-refractivity contribution in [2.75, 3.05) is 20.2 Å². The maximum absolute atomic E-state index is 13.2. The number of carbonyl (C=O) groups is 1. The number of carbonyl (C=O) groups excluding carboxylic acids is 1. The molecule has 2 fully saturated rings. The molecule has 1 spiro atoms. The molecule has 2 aromatic rings. The standard InChI is InChI=1S/C28H34F2N2O4/c1-17(31-25(33)18-5-8-23-19(11-18)14-35-27(23,2)3)22-7-6-21(12-24(22)36-26(29)30)34-15-20-13-28(9-10-28)16-32(20)4/h5-8,11-12,17,20,26H,9-10,13-16H2,1-4H3,(H,31,33)/t17-,20+/m0/s1. The average Bonchev–Trinajstić information content (AvgIpc) is 3.39. The maximum Gasteiger partial charge on any atom is 0.387 e. The summed E-state index contributed by atoms with van der Waals surface area (Å²) in [6, 6.07) is 10.2. The molecule has 2 heterocycles. The highest BCUT2D eigenvalue weighted by Crippen LogP contribution is 2.54. The van der Waals surface area contributed by atoms with Gasteiger partial charge in [0.15, 0.2) is 0 Å². The van der Waals surface area contributed by atoms with E-state index in [9.17, 15) is 13.6 Å². The second-order valence-electron chi connectivity index (χ2n) is 11.0. The molecule has 1 saturated carbocycles. The molecule has 6 nitrogen and oxygen atoms in total. The van der Waals surface area contributed by atoms with E-state index >= 15 is 0 Å². The summed E-state index contributed by atoms with van der Waals surface area (Å²) in [4.78, 5) is 15.3. The third kappa shape index (κ3) is 5.06. The highest BCUT2D eigenvalue weighted by Gasteiger charge is 2.50. The Bertz CT molecular complexity index is 1150. The third-order valence-corrected chi connectivity index (χ3v) is 7.90. The summed E-state index contributed by atoms with van der Waals surface area (Å²) in [5, 5.41) is 2.90. The van der Waals surface area contributed by atoms with Crippen molar-refractivity contribution in [3.63, 3.8) is 0 Å². The average molecular weight is 501 g/mol. The largest absolute Gasteiger partial charge is 0.492 e. The van der Waals surface area contributed by atoms with E-state index in [1.807, 2.05) is 26.0 Å². The molecule has 0 bridgehead atoms. The fourth-order valence-electron chi connectivity index (χ4n) is 5.59. The van der Waals surface area contributed by atoms with Gasteiger partial charge >= 0.3 is 6.61 Å². The molecule has 2 aliphatic heterocycles. The quantitative estimate of drug-likeness (QED) is 0.526. The van der Waals surface area contributed by atoms with Crippen molar-refractivity contribution < 1.29 is 27.8 Å². The summed E-state index contributed by atoms with van der Waals surface area (Å²) in [6.45, 7) is 4.78. The number of hydrogen-bond donors (Lipinski definition) is 1. The molecule has 0 radical (unpaired) electrons. The van der Waals surface area contributed by atoms with Crippen LogP contribution in [0.1, 0.15) is 73.1 Å². The van der Waals surface area contributed by atoms with Gasteiger partial charge in [-0.2, -0.15) is 8.78 Å². The molecule has 8 heteroatoms. The summed E-state index contributed by atoms with van der Waals surface area (Å²) in [7, 11) is 2.11. The minimum atomic E-state index is -2.99. The van der Waals surface area contributed by atoms with Crippen LogP contribution in [0.2, 0.25) is 0 Å². The van der Waals surface area contributed by atoms with Gasteiger partial charge in [-0.25, -0.2) is 0 Å². The van der Waals surface area contributed by atoms with Crippen LogP contribution in [-0.4, -0.2) is 43.7 Å². The Kier molecular flexibility index (Phi) is 6.45. The smallest absolute Gasteiger partial charge is 0.387 e. The molecule has 2 atom stereocenters. The molecular weight excluding hydrogens is 466 g/mol. The molecule has 194 valence electrons. The van der Waals surface area contributed by atoms with Crippen molar-refractivity contribution in [1.82, 2.24) is 10.2 Å². The lowest BCUT2D eigenvalue weighted by Crippen LogP contribution is -2.30. The van der Waals surface area contributed by atoms with E-state index in [0.717, 1.165) is 24.1 Å². The van der Waals surface area contributed by atoms with Crippen LogP contribution >= 0.6 is 0 Å². The number of fused-ring (bicyclic) bond motifs is 1. The summed E-state index contributed by atoms with van der Waals surface area (Å²) < 4.78 is 43.0. The monoisotopic (exact) mass is 500 g/mol. The topological polar surface area (TPSA) is 60.0 Å². The van der Waals surface area contributed by atoms with E-state index in [-0.39, 0.29) is 17.3 Å². The van der Waals surface area contributed by atoms with Gasteiger partial charge in [0.25, 0.3) is 5.91 Å². The fourth-order valence-corrected chi connectivity index (χ4v) is 5.59. The second kappa shape index (κ2) is 9.30. The first-order chi connectivity index (χ1) is 17.1. The Morgan fingerprint density at radius 3 is 2.69 bits per heavy atom. The molecule has 0 unspecified atom stereocenters. The van der Waals surface area contributed by atoms with E-state index in [4.69, 9.17) is 14.2 Å². The fraction of sp³-hybridized carbons (Fsp3) is 0.536. The Morgan fingerprint density at radius 1 is 1.22 bits per heavy atom. The molecule has 0 aromatic heterocycles. The molecule has 2 aromatic carbocycles. The normalized spacial score (nSPS) is 22.5.